The van der Waals surface area contributed by atoms with E-state index in [1.165, 1.54) is 19.3 Å². The Hall–Kier alpha value is -0.0800. The van der Waals surface area contributed by atoms with Crippen LogP contribution in [0.5, 0.6) is 0 Å². The van der Waals surface area contributed by atoms with Gasteiger partial charge in [0.2, 0.25) is 0 Å². The number of fused-ring (bicyclic) bond motifs is 2. The fraction of sp³-hybridized carbons (Fsp3) is 0.889. The molecule has 0 N–H and O–H groups in total. The molecule has 2 unspecified atom stereocenters. The van der Waals surface area contributed by atoms with Crippen LogP contribution in [0.4, 0.5) is 0 Å². The first kappa shape index (κ1) is 7.56. The Morgan fingerprint density at radius 1 is 1.27 bits per heavy atom. The molecule has 2 fully saturated rings. The molecule has 11 heavy (non-hydrogen) atoms. The summed E-state index contributed by atoms with van der Waals surface area (Å²) in [6, 6.07) is 0. The molecule has 0 aromatic carbocycles. The maximum Gasteiger partial charge on any atom is 0.0706 e. The Labute approximate surface area is 68.5 Å². The summed E-state index contributed by atoms with van der Waals surface area (Å²) in [5.41, 5.74) is 0. The molecule has 63 valence electrons. The molecule has 2 aliphatic rings. The molecular weight excluding hydrogens is 138 g/mol. The standard InChI is InChI=1S/C9H16NO/c1-2-10-6-8-4-3-5-9(7-10)11-8/h8-9H,1-7H2. The quantitative estimate of drug-likeness (QED) is 0.560. The van der Waals surface area contributed by atoms with E-state index in [1.807, 2.05) is 0 Å². The Morgan fingerprint density at radius 2 is 1.91 bits per heavy atom. The maximum absolute atomic E-state index is 5.78. The highest BCUT2D eigenvalue weighted by atomic mass is 16.5. The normalized spacial score (nSPS) is 39.0. The van der Waals surface area contributed by atoms with Crippen molar-refractivity contribution in [2.24, 2.45) is 0 Å². The van der Waals surface area contributed by atoms with E-state index in [0.717, 1.165) is 19.6 Å². The molecule has 2 rings (SSSR count). The number of morpholine rings is 1. The van der Waals surface area contributed by atoms with Crippen molar-refractivity contribution in [1.29, 1.82) is 0 Å². The van der Waals surface area contributed by atoms with Crippen LogP contribution in [0.2, 0.25) is 0 Å². The summed E-state index contributed by atoms with van der Waals surface area (Å²) in [6.45, 7) is 7.07. The molecule has 0 aromatic heterocycles. The predicted octanol–water partition coefficient (Wildman–Crippen LogP) is 1.07. The van der Waals surface area contributed by atoms with Crippen LogP contribution < -0.4 is 0 Å². The van der Waals surface area contributed by atoms with Gasteiger partial charge in [0.15, 0.2) is 0 Å². The van der Waals surface area contributed by atoms with Crippen molar-refractivity contribution in [2.45, 2.75) is 31.5 Å². The molecule has 0 aliphatic carbocycles. The van der Waals surface area contributed by atoms with Crippen molar-refractivity contribution < 1.29 is 4.74 Å². The summed E-state index contributed by atoms with van der Waals surface area (Å²) < 4.78 is 5.78. The third kappa shape index (κ3) is 1.57. The van der Waals surface area contributed by atoms with E-state index in [4.69, 9.17) is 4.74 Å². The van der Waals surface area contributed by atoms with Gasteiger partial charge in [0.05, 0.1) is 12.2 Å². The van der Waals surface area contributed by atoms with E-state index in [1.54, 1.807) is 0 Å². The topological polar surface area (TPSA) is 12.5 Å². The first-order valence-electron chi connectivity index (χ1n) is 4.55. The van der Waals surface area contributed by atoms with E-state index in [-0.39, 0.29) is 0 Å². The van der Waals surface area contributed by atoms with Gasteiger partial charge in [0, 0.05) is 13.1 Å². The molecule has 2 saturated heterocycles. The van der Waals surface area contributed by atoms with Gasteiger partial charge in [0.25, 0.3) is 0 Å². The molecule has 2 heterocycles. The molecule has 2 bridgehead atoms. The average molecular weight is 154 g/mol. The molecule has 2 nitrogen and oxygen atoms in total. The highest BCUT2D eigenvalue weighted by Gasteiger charge is 2.29. The first-order chi connectivity index (χ1) is 5.38. The number of likely N-dealkylation sites (tertiary alicyclic amines) is 1. The minimum Gasteiger partial charge on any atom is -0.372 e. The molecule has 1 radical (unpaired) electrons. The van der Waals surface area contributed by atoms with Crippen molar-refractivity contribution in [3.63, 3.8) is 0 Å². The third-order valence-corrected chi connectivity index (χ3v) is 2.68. The van der Waals surface area contributed by atoms with Crippen LogP contribution in [-0.4, -0.2) is 36.7 Å². The fourth-order valence-corrected chi connectivity index (χ4v) is 2.08. The molecule has 0 saturated carbocycles. The third-order valence-electron chi connectivity index (χ3n) is 2.68. The highest BCUT2D eigenvalue weighted by Crippen LogP contribution is 2.24. The van der Waals surface area contributed by atoms with Gasteiger partial charge >= 0.3 is 0 Å². The van der Waals surface area contributed by atoms with Crippen LogP contribution in [0.15, 0.2) is 0 Å². The second-order valence-electron chi connectivity index (χ2n) is 3.57. The van der Waals surface area contributed by atoms with Crippen molar-refractivity contribution in [3.05, 3.63) is 6.92 Å². The Kier molecular flexibility index (Phi) is 2.14. The second kappa shape index (κ2) is 3.11. The van der Waals surface area contributed by atoms with Crippen LogP contribution in [0, 0.1) is 6.92 Å². The number of rotatable bonds is 1. The van der Waals surface area contributed by atoms with Gasteiger partial charge < -0.3 is 4.74 Å². The van der Waals surface area contributed by atoms with Gasteiger partial charge in [-0.15, -0.1) is 0 Å². The molecule has 2 heteroatoms. The summed E-state index contributed by atoms with van der Waals surface area (Å²) in [5.74, 6) is 0. The number of hydrogen-bond acceptors (Lipinski definition) is 2. The van der Waals surface area contributed by atoms with Crippen LogP contribution in [-0.2, 0) is 4.74 Å². The number of ether oxygens (including phenoxy) is 1. The summed E-state index contributed by atoms with van der Waals surface area (Å²) in [6.07, 6.45) is 4.91. The largest absolute Gasteiger partial charge is 0.372 e. The van der Waals surface area contributed by atoms with Crippen LogP contribution >= 0.6 is 0 Å². The molecule has 0 spiro atoms. The summed E-state index contributed by atoms with van der Waals surface area (Å²) in [7, 11) is 0. The van der Waals surface area contributed by atoms with Crippen LogP contribution in [0.25, 0.3) is 0 Å². The second-order valence-corrected chi connectivity index (χ2v) is 3.57. The van der Waals surface area contributed by atoms with Gasteiger partial charge in [-0.25, -0.2) is 0 Å². The lowest BCUT2D eigenvalue weighted by molar-refractivity contribution is -0.111. The fourth-order valence-electron chi connectivity index (χ4n) is 2.08. The van der Waals surface area contributed by atoms with Gasteiger partial charge in [0.1, 0.15) is 0 Å². The first-order valence-corrected chi connectivity index (χ1v) is 4.55. The van der Waals surface area contributed by atoms with E-state index in [9.17, 15) is 0 Å². The van der Waals surface area contributed by atoms with Crippen molar-refractivity contribution in [2.75, 3.05) is 19.6 Å². The Balaban J connectivity index is 1.94. The molecule has 0 aromatic rings. The van der Waals surface area contributed by atoms with E-state index < -0.39 is 0 Å². The lowest BCUT2D eigenvalue weighted by Crippen LogP contribution is -2.49. The zero-order valence-electron chi connectivity index (χ0n) is 6.96. The minimum atomic E-state index is 0.518. The van der Waals surface area contributed by atoms with Crippen molar-refractivity contribution in [3.8, 4) is 0 Å². The smallest absolute Gasteiger partial charge is 0.0706 e. The Morgan fingerprint density at radius 3 is 2.45 bits per heavy atom. The van der Waals surface area contributed by atoms with E-state index >= 15 is 0 Å². The van der Waals surface area contributed by atoms with Gasteiger partial charge in [-0.1, -0.05) is 0 Å². The van der Waals surface area contributed by atoms with E-state index in [2.05, 4.69) is 11.8 Å². The summed E-state index contributed by atoms with van der Waals surface area (Å²) in [4.78, 5) is 2.40. The molecular formula is C9H16NO. The highest BCUT2D eigenvalue weighted by molar-refractivity contribution is 4.82. The lowest BCUT2D eigenvalue weighted by atomic mass is 10.00. The zero-order chi connectivity index (χ0) is 7.68. The average Bonchev–Trinajstić information content (AvgIpc) is 2.03. The van der Waals surface area contributed by atoms with Gasteiger partial charge in [-0.2, -0.15) is 0 Å². The zero-order valence-corrected chi connectivity index (χ0v) is 6.96. The molecule has 2 aliphatic heterocycles. The lowest BCUT2D eigenvalue weighted by Gasteiger charge is -2.41. The molecule has 0 amide bonds. The van der Waals surface area contributed by atoms with Gasteiger partial charge in [-0.05, 0) is 32.7 Å². The van der Waals surface area contributed by atoms with Crippen LogP contribution in [0.3, 0.4) is 0 Å². The Bertz CT molecular complexity index is 126. The monoisotopic (exact) mass is 154 g/mol. The number of nitrogens with zero attached hydrogens (tertiary/aromatic N) is 1. The van der Waals surface area contributed by atoms with E-state index in [0.29, 0.717) is 12.2 Å². The summed E-state index contributed by atoms with van der Waals surface area (Å²) in [5, 5.41) is 0. The van der Waals surface area contributed by atoms with Crippen LogP contribution in [0.1, 0.15) is 19.3 Å². The maximum atomic E-state index is 5.78. The summed E-state index contributed by atoms with van der Waals surface area (Å²) >= 11 is 0. The SMILES string of the molecule is [CH2]CN1CC2CCCC(C1)O2. The van der Waals surface area contributed by atoms with Crippen molar-refractivity contribution >= 4 is 0 Å². The molecule has 2 atom stereocenters. The predicted molar refractivity (Wildman–Crippen MR) is 44.3 cm³/mol. The minimum absolute atomic E-state index is 0.518. The van der Waals surface area contributed by atoms with Gasteiger partial charge in [-0.3, -0.25) is 4.90 Å². The van der Waals surface area contributed by atoms with Crippen molar-refractivity contribution in [1.82, 2.24) is 4.90 Å². The number of hydrogen-bond donors (Lipinski definition) is 0.